The van der Waals surface area contributed by atoms with E-state index in [1.54, 1.807) is 56.3 Å². The molecule has 0 radical (unpaired) electrons. The number of hydrogen-bond acceptors (Lipinski definition) is 3. The second-order valence-corrected chi connectivity index (χ2v) is 10.3. The van der Waals surface area contributed by atoms with Crippen molar-refractivity contribution in [1.82, 2.24) is 14.0 Å². The first-order valence-electron chi connectivity index (χ1n) is 4.17. The van der Waals surface area contributed by atoms with Gasteiger partial charge in [0.25, 0.3) is 0 Å². The summed E-state index contributed by atoms with van der Waals surface area (Å²) in [6.07, 6.45) is 0. The summed E-state index contributed by atoms with van der Waals surface area (Å²) in [5.41, 5.74) is 0. The molecule has 0 heterocycles. The molecule has 0 unspecified atom stereocenters. The topological polar surface area (TPSA) is 9.72 Å². The van der Waals surface area contributed by atoms with Crippen LogP contribution in [0.15, 0.2) is 0 Å². The summed E-state index contributed by atoms with van der Waals surface area (Å²) in [5.74, 6) is 0. The van der Waals surface area contributed by atoms with Gasteiger partial charge in [0.05, 0.1) is 0 Å². The van der Waals surface area contributed by atoms with Crippen molar-refractivity contribution in [3.8, 4) is 0 Å². The van der Waals surface area contributed by atoms with E-state index in [2.05, 4.69) is 0 Å². The first kappa shape index (κ1) is 14.8. The average Bonchev–Trinajstić information content (AvgIpc) is 1.79. The Morgan fingerprint density at radius 1 is 0.857 bits per heavy atom. The van der Waals surface area contributed by atoms with E-state index < -0.39 is 12.0 Å². The van der Waals surface area contributed by atoms with Crippen LogP contribution in [-0.4, -0.2) is 60.6 Å². The zero-order valence-electron chi connectivity index (χ0n) is 9.48. The molecule has 88 valence electrons. The van der Waals surface area contributed by atoms with Gasteiger partial charge in [0.2, 0.25) is 0 Å². The third-order valence-corrected chi connectivity index (χ3v) is 8.27. The van der Waals surface area contributed by atoms with Crippen molar-refractivity contribution >= 4 is 30.9 Å². The number of halogens is 3. The van der Waals surface area contributed by atoms with Gasteiger partial charge in [-0.3, -0.25) is 0 Å². The minimum atomic E-state index is -2.86. The van der Waals surface area contributed by atoms with E-state index >= 15 is 0 Å². The fourth-order valence-corrected chi connectivity index (χ4v) is 8.92. The van der Waals surface area contributed by atoms with Gasteiger partial charge < -0.3 is 0 Å². The molecular weight excluding hydrogens is 247 g/mol. The standard InChI is InChI=1S/C7H19Cl2FN3P/c1-11(2)14(12(3)4,13(5)6)7(8,9)10/h14H,1-6H3. The Morgan fingerprint density at radius 3 is 1.07 bits per heavy atom. The maximum absolute atomic E-state index is 13.9. The van der Waals surface area contributed by atoms with E-state index in [-0.39, 0.29) is 0 Å². The molecule has 0 saturated carbocycles. The minimum absolute atomic E-state index is 1.77. The molecule has 0 aromatic carbocycles. The van der Waals surface area contributed by atoms with Crippen LogP contribution in [0.3, 0.4) is 0 Å². The summed E-state index contributed by atoms with van der Waals surface area (Å²) < 4.78 is 17.0. The number of hydrogen-bond donors (Lipinski definition) is 0. The molecule has 3 nitrogen and oxygen atoms in total. The Labute approximate surface area is 96.2 Å². The van der Waals surface area contributed by atoms with Gasteiger partial charge in [-0.15, -0.1) is 0 Å². The summed E-state index contributed by atoms with van der Waals surface area (Å²) in [4.78, 5) is 0. The van der Waals surface area contributed by atoms with E-state index in [9.17, 15) is 4.39 Å². The third-order valence-electron chi connectivity index (χ3n) is 2.25. The Morgan fingerprint density at radius 2 is 1.07 bits per heavy atom. The molecule has 0 N–H and O–H groups in total. The quantitative estimate of drug-likeness (QED) is 0.570. The molecule has 0 bridgehead atoms. The van der Waals surface area contributed by atoms with Crippen molar-refractivity contribution in [1.29, 1.82) is 0 Å². The molecule has 0 aromatic heterocycles. The van der Waals surface area contributed by atoms with Crippen molar-refractivity contribution < 1.29 is 4.39 Å². The SMILES string of the molecule is CN(C)[PH](N(C)C)(N(C)C)C(F)(Cl)Cl. The van der Waals surface area contributed by atoms with Gasteiger partial charge in [0, 0.05) is 0 Å². The van der Waals surface area contributed by atoms with Gasteiger partial charge in [-0.05, 0) is 0 Å². The van der Waals surface area contributed by atoms with E-state index in [1.807, 2.05) is 0 Å². The van der Waals surface area contributed by atoms with Gasteiger partial charge in [0.1, 0.15) is 0 Å². The zero-order chi connectivity index (χ0) is 11.7. The molecular formula is C7H19Cl2FN3P. The first-order valence-corrected chi connectivity index (χ1v) is 6.77. The first-order chi connectivity index (χ1) is 6.08. The molecule has 0 saturated heterocycles. The number of nitrogens with zero attached hydrogens (tertiary/aromatic N) is 3. The van der Waals surface area contributed by atoms with E-state index in [1.165, 1.54) is 0 Å². The van der Waals surface area contributed by atoms with E-state index in [0.717, 1.165) is 0 Å². The van der Waals surface area contributed by atoms with E-state index in [0.29, 0.717) is 0 Å². The van der Waals surface area contributed by atoms with Crippen molar-refractivity contribution in [2.75, 3.05) is 42.3 Å². The van der Waals surface area contributed by atoms with Crippen molar-refractivity contribution in [2.24, 2.45) is 0 Å². The molecule has 0 aliphatic rings. The maximum atomic E-state index is 13.9. The summed E-state index contributed by atoms with van der Waals surface area (Å²) in [7, 11) is 7.83. The van der Waals surface area contributed by atoms with Crippen LogP contribution in [0, 0.1) is 0 Å². The molecule has 0 atom stereocenters. The molecule has 0 aliphatic carbocycles. The molecule has 7 heteroatoms. The fraction of sp³-hybridized carbons (Fsp3) is 1.00. The predicted molar refractivity (Wildman–Crippen MR) is 64.9 cm³/mol. The van der Waals surface area contributed by atoms with Gasteiger partial charge >= 0.3 is 95.9 Å². The monoisotopic (exact) mass is 265 g/mol. The Hall–Kier alpha value is 0.820. The third kappa shape index (κ3) is 2.31. The van der Waals surface area contributed by atoms with Gasteiger partial charge in [0.15, 0.2) is 0 Å². The summed E-state index contributed by atoms with van der Waals surface area (Å²) in [5, 5.41) is 0. The fourth-order valence-electron chi connectivity index (χ4n) is 1.96. The van der Waals surface area contributed by atoms with Crippen LogP contribution in [0.1, 0.15) is 0 Å². The normalized spacial score (nSPS) is 15.7. The van der Waals surface area contributed by atoms with Gasteiger partial charge in [-0.25, -0.2) is 0 Å². The van der Waals surface area contributed by atoms with Crippen LogP contribution in [0.25, 0.3) is 0 Å². The Balaban J connectivity index is 5.40. The van der Waals surface area contributed by atoms with Crippen LogP contribution in [0.4, 0.5) is 4.39 Å². The Kier molecular flexibility index (Phi) is 5.05. The van der Waals surface area contributed by atoms with Crippen LogP contribution in [0.5, 0.6) is 0 Å². The molecule has 0 amide bonds. The summed E-state index contributed by atoms with van der Waals surface area (Å²) >= 11 is 11.4. The van der Waals surface area contributed by atoms with Gasteiger partial charge in [-0.2, -0.15) is 0 Å². The molecule has 0 spiro atoms. The molecule has 0 rings (SSSR count). The molecule has 0 aromatic rings. The van der Waals surface area contributed by atoms with Crippen molar-refractivity contribution in [3.63, 3.8) is 0 Å². The Bertz CT molecular complexity index is 172. The summed E-state index contributed by atoms with van der Waals surface area (Å²) in [6, 6.07) is 0. The van der Waals surface area contributed by atoms with Gasteiger partial charge in [-0.1, -0.05) is 0 Å². The van der Waals surface area contributed by atoms with Crippen molar-refractivity contribution in [3.05, 3.63) is 0 Å². The second-order valence-electron chi connectivity index (χ2n) is 3.82. The zero-order valence-corrected chi connectivity index (χ0v) is 12.0. The van der Waals surface area contributed by atoms with Crippen molar-refractivity contribution in [2.45, 2.75) is 4.33 Å². The average molecular weight is 266 g/mol. The predicted octanol–water partition coefficient (Wildman–Crippen LogP) is 2.22. The second kappa shape index (κ2) is 4.77. The molecule has 0 aliphatic heterocycles. The van der Waals surface area contributed by atoms with Crippen LogP contribution >= 0.6 is 30.9 Å². The summed E-state index contributed by atoms with van der Waals surface area (Å²) in [6.45, 7) is 0. The number of alkyl halides is 3. The molecule has 14 heavy (non-hydrogen) atoms. The van der Waals surface area contributed by atoms with Crippen LogP contribution < -0.4 is 0 Å². The van der Waals surface area contributed by atoms with E-state index in [4.69, 9.17) is 23.2 Å². The van der Waals surface area contributed by atoms with Crippen LogP contribution in [0.2, 0.25) is 0 Å². The van der Waals surface area contributed by atoms with Crippen LogP contribution in [-0.2, 0) is 0 Å². The number of rotatable bonds is 4. The molecule has 0 fully saturated rings.